The van der Waals surface area contributed by atoms with Crippen molar-refractivity contribution in [1.29, 1.82) is 0 Å². The van der Waals surface area contributed by atoms with Gasteiger partial charge in [-0.3, -0.25) is 0 Å². The lowest BCUT2D eigenvalue weighted by atomic mass is 10.1. The summed E-state index contributed by atoms with van der Waals surface area (Å²) in [6.45, 7) is 7.63. The van der Waals surface area contributed by atoms with Crippen LogP contribution in [-0.2, 0) is 23.7 Å². The minimum atomic E-state index is -1.02. The first kappa shape index (κ1) is 14.5. The smallest absolute Gasteiger partial charge is 0.328 e. The maximum absolute atomic E-state index is 10.6. The van der Waals surface area contributed by atoms with Crippen LogP contribution in [0, 0.1) is 0 Å². The van der Waals surface area contributed by atoms with E-state index in [-0.39, 0.29) is 12.2 Å². The van der Waals surface area contributed by atoms with E-state index in [1.807, 2.05) is 13.8 Å². The van der Waals surface area contributed by atoms with E-state index in [1.165, 1.54) is 6.08 Å². The maximum atomic E-state index is 10.6. The molecule has 108 valence electrons. The molecule has 1 N–H and O–H groups in total. The van der Waals surface area contributed by atoms with E-state index >= 15 is 0 Å². The molecular weight excluding hydrogens is 252 g/mol. The highest BCUT2D eigenvalue weighted by Gasteiger charge is 2.48. The normalized spacial score (nSPS) is 36.9. The number of rotatable bonds is 3. The highest BCUT2D eigenvalue weighted by Crippen LogP contribution is 2.35. The molecule has 0 saturated carbocycles. The van der Waals surface area contributed by atoms with Crippen molar-refractivity contribution in [2.75, 3.05) is 6.61 Å². The van der Waals surface area contributed by atoms with Gasteiger partial charge in [-0.2, -0.15) is 0 Å². The van der Waals surface area contributed by atoms with Crippen molar-refractivity contribution in [3.8, 4) is 0 Å². The Hall–Kier alpha value is -0.950. The van der Waals surface area contributed by atoms with E-state index in [2.05, 4.69) is 0 Å². The molecule has 0 aromatic rings. The Kier molecular flexibility index (Phi) is 3.70. The van der Waals surface area contributed by atoms with Crippen molar-refractivity contribution < 1.29 is 28.8 Å². The van der Waals surface area contributed by atoms with Gasteiger partial charge in [0.2, 0.25) is 0 Å². The molecule has 0 aromatic carbocycles. The molecule has 0 aliphatic carbocycles. The average Bonchev–Trinajstić information content (AvgIpc) is 2.75. The summed E-state index contributed by atoms with van der Waals surface area (Å²) < 4.78 is 22.7. The number of ether oxygens (including phenoxy) is 4. The van der Waals surface area contributed by atoms with E-state index in [9.17, 15) is 4.79 Å². The van der Waals surface area contributed by atoms with Gasteiger partial charge in [-0.25, -0.2) is 4.79 Å². The van der Waals surface area contributed by atoms with Gasteiger partial charge in [0.1, 0.15) is 18.3 Å². The fourth-order valence-electron chi connectivity index (χ4n) is 2.31. The SMILES string of the molecule is CC1(C)OCC([C@@H]2OC(C)(C)O[C@H]2C=CC(=O)O)O1. The maximum Gasteiger partial charge on any atom is 0.328 e. The number of hydrogen-bond donors (Lipinski definition) is 1. The Balaban J connectivity index is 2.10. The van der Waals surface area contributed by atoms with E-state index in [0.29, 0.717) is 6.61 Å². The molecule has 0 radical (unpaired) electrons. The third-order valence-corrected chi connectivity index (χ3v) is 2.99. The van der Waals surface area contributed by atoms with Crippen LogP contribution in [0.2, 0.25) is 0 Å². The zero-order valence-corrected chi connectivity index (χ0v) is 11.6. The van der Waals surface area contributed by atoms with Crippen LogP contribution >= 0.6 is 0 Å². The van der Waals surface area contributed by atoms with Crippen LogP contribution in [0.1, 0.15) is 27.7 Å². The van der Waals surface area contributed by atoms with Gasteiger partial charge in [-0.1, -0.05) is 0 Å². The lowest BCUT2D eigenvalue weighted by Crippen LogP contribution is -2.37. The van der Waals surface area contributed by atoms with Crippen molar-refractivity contribution in [3.05, 3.63) is 12.2 Å². The first-order chi connectivity index (χ1) is 8.69. The molecule has 2 saturated heterocycles. The molecule has 19 heavy (non-hydrogen) atoms. The first-order valence-electron chi connectivity index (χ1n) is 6.27. The van der Waals surface area contributed by atoms with Gasteiger partial charge >= 0.3 is 5.97 Å². The summed E-state index contributed by atoms with van der Waals surface area (Å²) in [5.74, 6) is -2.44. The number of carbonyl (C=O) groups is 1. The summed E-state index contributed by atoms with van der Waals surface area (Å²) >= 11 is 0. The van der Waals surface area contributed by atoms with Gasteiger partial charge in [0.25, 0.3) is 0 Å². The molecule has 1 unspecified atom stereocenters. The topological polar surface area (TPSA) is 74.2 Å². The average molecular weight is 272 g/mol. The molecular formula is C13H20O6. The number of carboxylic acid groups (broad SMARTS) is 1. The van der Waals surface area contributed by atoms with Crippen molar-refractivity contribution in [1.82, 2.24) is 0 Å². The summed E-state index contributed by atoms with van der Waals surface area (Å²) in [5, 5.41) is 8.70. The molecule has 0 amide bonds. The third-order valence-electron chi connectivity index (χ3n) is 2.99. The van der Waals surface area contributed by atoms with Crippen molar-refractivity contribution in [2.45, 2.75) is 57.6 Å². The van der Waals surface area contributed by atoms with E-state index < -0.39 is 23.6 Å². The highest BCUT2D eigenvalue weighted by molar-refractivity contribution is 5.79. The van der Waals surface area contributed by atoms with Crippen LogP contribution in [0.15, 0.2) is 12.2 Å². The molecule has 2 fully saturated rings. The van der Waals surface area contributed by atoms with Crippen molar-refractivity contribution in [2.24, 2.45) is 0 Å². The Morgan fingerprint density at radius 3 is 2.37 bits per heavy atom. The van der Waals surface area contributed by atoms with Crippen LogP contribution in [0.5, 0.6) is 0 Å². The predicted molar refractivity (Wildman–Crippen MR) is 65.5 cm³/mol. The molecule has 2 rings (SSSR count). The first-order valence-corrected chi connectivity index (χ1v) is 6.27. The summed E-state index contributed by atoms with van der Waals surface area (Å²) in [7, 11) is 0. The summed E-state index contributed by atoms with van der Waals surface area (Å²) in [5.41, 5.74) is 0. The minimum absolute atomic E-state index is 0.278. The molecule has 0 spiro atoms. The molecule has 2 aliphatic heterocycles. The van der Waals surface area contributed by atoms with Crippen LogP contribution < -0.4 is 0 Å². The Labute approximate surface area is 112 Å². The standard InChI is InChI=1S/C13H20O6/c1-12(2)16-7-9(18-12)11-8(5-6-10(14)15)17-13(3,4)19-11/h5-6,8-9,11H,7H2,1-4H3,(H,14,15)/t8-,9?,11+/m0/s1. The molecule has 3 atom stereocenters. The van der Waals surface area contributed by atoms with Gasteiger partial charge < -0.3 is 24.1 Å². The second-order valence-corrected chi connectivity index (χ2v) is 5.63. The molecule has 2 heterocycles. The minimum Gasteiger partial charge on any atom is -0.478 e. The van der Waals surface area contributed by atoms with E-state index in [1.54, 1.807) is 13.8 Å². The molecule has 0 aromatic heterocycles. The monoisotopic (exact) mass is 272 g/mol. The van der Waals surface area contributed by atoms with Crippen molar-refractivity contribution in [3.63, 3.8) is 0 Å². The molecule has 0 bridgehead atoms. The lowest BCUT2D eigenvalue weighted by molar-refractivity contribution is -0.174. The fraction of sp³-hybridized carbons (Fsp3) is 0.769. The second-order valence-electron chi connectivity index (χ2n) is 5.63. The van der Waals surface area contributed by atoms with Gasteiger partial charge in [0.05, 0.1) is 6.61 Å². The zero-order valence-electron chi connectivity index (χ0n) is 11.6. The van der Waals surface area contributed by atoms with Gasteiger partial charge in [-0.05, 0) is 33.8 Å². The van der Waals surface area contributed by atoms with Crippen molar-refractivity contribution >= 4 is 5.97 Å². The van der Waals surface area contributed by atoms with Crippen LogP contribution in [0.3, 0.4) is 0 Å². The molecule has 6 heteroatoms. The van der Waals surface area contributed by atoms with Gasteiger partial charge in [0.15, 0.2) is 11.6 Å². The van der Waals surface area contributed by atoms with Gasteiger partial charge in [0, 0.05) is 6.08 Å². The van der Waals surface area contributed by atoms with Crippen LogP contribution in [-0.4, -0.2) is 47.6 Å². The van der Waals surface area contributed by atoms with E-state index in [0.717, 1.165) is 6.08 Å². The number of carboxylic acids is 1. The number of aliphatic carboxylic acids is 1. The van der Waals surface area contributed by atoms with E-state index in [4.69, 9.17) is 24.1 Å². The largest absolute Gasteiger partial charge is 0.478 e. The van der Waals surface area contributed by atoms with Crippen LogP contribution in [0.25, 0.3) is 0 Å². The highest BCUT2D eigenvalue weighted by atomic mass is 16.8. The third kappa shape index (κ3) is 3.54. The summed E-state index contributed by atoms with van der Waals surface area (Å²) in [6.07, 6.45) is 1.42. The number of hydrogen-bond acceptors (Lipinski definition) is 5. The fourth-order valence-corrected chi connectivity index (χ4v) is 2.31. The Morgan fingerprint density at radius 1 is 1.16 bits per heavy atom. The quantitative estimate of drug-likeness (QED) is 0.781. The zero-order chi connectivity index (χ0) is 14.3. The second kappa shape index (κ2) is 4.86. The molecule has 2 aliphatic rings. The summed E-state index contributed by atoms with van der Waals surface area (Å²) in [4.78, 5) is 10.6. The van der Waals surface area contributed by atoms with Crippen LogP contribution in [0.4, 0.5) is 0 Å². The van der Waals surface area contributed by atoms with Gasteiger partial charge in [-0.15, -0.1) is 0 Å². The Bertz CT molecular complexity index is 387. The predicted octanol–water partition coefficient (Wildman–Crippen LogP) is 1.30. The summed E-state index contributed by atoms with van der Waals surface area (Å²) in [6, 6.07) is 0. The lowest BCUT2D eigenvalue weighted by Gasteiger charge is -2.22. The molecule has 6 nitrogen and oxygen atoms in total. The Morgan fingerprint density at radius 2 is 1.84 bits per heavy atom.